The molecule has 1 heterocycles. The van der Waals surface area contributed by atoms with Crippen LogP contribution in [-0.4, -0.2) is 28.0 Å². The largest absolute Gasteiger partial charge is 0.481 e. The minimum absolute atomic E-state index is 0.00910. The molecule has 1 aromatic heterocycles. The van der Waals surface area contributed by atoms with Gasteiger partial charge in [-0.05, 0) is 6.42 Å². The van der Waals surface area contributed by atoms with Crippen molar-refractivity contribution in [2.45, 2.75) is 45.4 Å². The summed E-state index contributed by atoms with van der Waals surface area (Å²) in [6.07, 6.45) is 0.0845. The first-order chi connectivity index (χ1) is 9.68. The van der Waals surface area contributed by atoms with E-state index in [0.29, 0.717) is 5.13 Å². The Hall–Kier alpha value is -1.96. The van der Waals surface area contributed by atoms with E-state index in [9.17, 15) is 14.4 Å². The summed E-state index contributed by atoms with van der Waals surface area (Å²) < 4.78 is 0. The van der Waals surface area contributed by atoms with E-state index in [2.05, 4.69) is 15.6 Å². The smallest absolute Gasteiger partial charge is 0.327 e. The van der Waals surface area contributed by atoms with Crippen LogP contribution in [0, 0.1) is 0 Å². The van der Waals surface area contributed by atoms with Crippen LogP contribution in [-0.2, 0) is 15.0 Å². The van der Waals surface area contributed by atoms with Gasteiger partial charge in [0.1, 0.15) is 0 Å². The number of imide groups is 1. The standard InChI is InChI=1S/C13H19N3O4S/c1-13(2,3)8-7-21-12(14-8)16-11(20)15-9(17)5-4-6-10(18)19/h7H,4-6H2,1-3H3,(H,18,19)(H2,14,15,16,17,20). The normalized spacial score (nSPS) is 11.0. The lowest BCUT2D eigenvalue weighted by Gasteiger charge is -2.14. The lowest BCUT2D eigenvalue weighted by molar-refractivity contribution is -0.137. The average molecular weight is 313 g/mol. The van der Waals surface area contributed by atoms with Gasteiger partial charge in [0, 0.05) is 23.6 Å². The Morgan fingerprint density at radius 2 is 1.95 bits per heavy atom. The Morgan fingerprint density at radius 3 is 2.48 bits per heavy atom. The molecule has 0 spiro atoms. The number of carboxylic acids is 1. The summed E-state index contributed by atoms with van der Waals surface area (Å²) in [4.78, 5) is 37.6. The van der Waals surface area contributed by atoms with Crippen LogP contribution in [0.4, 0.5) is 9.93 Å². The molecule has 1 aromatic rings. The monoisotopic (exact) mass is 313 g/mol. The maximum atomic E-state index is 11.6. The third kappa shape index (κ3) is 6.35. The number of aliphatic carboxylic acids is 1. The van der Waals surface area contributed by atoms with Crippen LogP contribution in [0.3, 0.4) is 0 Å². The van der Waals surface area contributed by atoms with Crippen molar-refractivity contribution in [3.05, 3.63) is 11.1 Å². The minimum Gasteiger partial charge on any atom is -0.481 e. The second-order valence-corrected chi connectivity index (χ2v) is 6.40. The van der Waals surface area contributed by atoms with Crippen molar-refractivity contribution in [3.8, 4) is 0 Å². The molecule has 0 unspecified atom stereocenters. The third-order valence-corrected chi connectivity index (χ3v) is 3.30. The van der Waals surface area contributed by atoms with Crippen LogP contribution in [0.5, 0.6) is 0 Å². The molecule has 3 amide bonds. The fourth-order valence-electron chi connectivity index (χ4n) is 1.39. The molecular formula is C13H19N3O4S. The molecule has 3 N–H and O–H groups in total. The molecular weight excluding hydrogens is 294 g/mol. The Balaban J connectivity index is 2.41. The zero-order valence-electron chi connectivity index (χ0n) is 12.2. The number of urea groups is 1. The zero-order valence-corrected chi connectivity index (χ0v) is 13.0. The van der Waals surface area contributed by atoms with Gasteiger partial charge in [-0.15, -0.1) is 11.3 Å². The van der Waals surface area contributed by atoms with Crippen molar-refractivity contribution in [3.63, 3.8) is 0 Å². The van der Waals surface area contributed by atoms with Crippen molar-refractivity contribution in [2.24, 2.45) is 0 Å². The van der Waals surface area contributed by atoms with E-state index in [0.717, 1.165) is 5.69 Å². The van der Waals surface area contributed by atoms with E-state index in [1.807, 2.05) is 26.2 Å². The number of carbonyl (C=O) groups excluding carboxylic acids is 2. The van der Waals surface area contributed by atoms with Gasteiger partial charge in [0.2, 0.25) is 5.91 Å². The topological polar surface area (TPSA) is 108 Å². The number of hydrogen-bond acceptors (Lipinski definition) is 5. The SMILES string of the molecule is CC(C)(C)c1csc(NC(=O)NC(=O)CCCC(=O)O)n1. The number of thiazole rings is 1. The summed E-state index contributed by atoms with van der Waals surface area (Å²) in [5.41, 5.74) is 0.745. The van der Waals surface area contributed by atoms with Gasteiger partial charge in [0.25, 0.3) is 0 Å². The second kappa shape index (κ2) is 7.16. The molecule has 8 heteroatoms. The summed E-state index contributed by atoms with van der Waals surface area (Å²) in [7, 11) is 0. The maximum Gasteiger partial charge on any atom is 0.327 e. The van der Waals surface area contributed by atoms with Crippen LogP contribution in [0.15, 0.2) is 5.38 Å². The van der Waals surface area contributed by atoms with E-state index in [4.69, 9.17) is 5.11 Å². The molecule has 0 bridgehead atoms. The van der Waals surface area contributed by atoms with Gasteiger partial charge >= 0.3 is 12.0 Å². The molecule has 0 aliphatic rings. The Labute approximate surface area is 126 Å². The first kappa shape index (κ1) is 17.1. The van der Waals surface area contributed by atoms with Gasteiger partial charge in [-0.2, -0.15) is 0 Å². The molecule has 1 rings (SSSR count). The average Bonchev–Trinajstić information content (AvgIpc) is 2.76. The fourth-order valence-corrected chi connectivity index (χ4v) is 2.33. The highest BCUT2D eigenvalue weighted by atomic mass is 32.1. The van der Waals surface area contributed by atoms with Crippen LogP contribution in [0.1, 0.15) is 45.7 Å². The maximum absolute atomic E-state index is 11.6. The lowest BCUT2D eigenvalue weighted by Crippen LogP contribution is -2.34. The van der Waals surface area contributed by atoms with Crippen molar-refractivity contribution >= 4 is 34.4 Å². The molecule has 0 aromatic carbocycles. The Bertz CT molecular complexity index is 534. The molecule has 7 nitrogen and oxygen atoms in total. The third-order valence-electron chi connectivity index (χ3n) is 2.54. The lowest BCUT2D eigenvalue weighted by atomic mass is 9.93. The van der Waals surface area contributed by atoms with Gasteiger partial charge in [-0.1, -0.05) is 20.8 Å². The summed E-state index contributed by atoms with van der Waals surface area (Å²) in [6, 6.07) is -0.662. The van der Waals surface area contributed by atoms with Crippen LogP contribution < -0.4 is 10.6 Å². The molecule has 116 valence electrons. The number of aromatic nitrogens is 1. The second-order valence-electron chi connectivity index (χ2n) is 5.54. The predicted molar refractivity (Wildman–Crippen MR) is 79.5 cm³/mol. The Morgan fingerprint density at radius 1 is 1.29 bits per heavy atom. The van der Waals surface area contributed by atoms with Crippen LogP contribution in [0.25, 0.3) is 0 Å². The van der Waals surface area contributed by atoms with Crippen molar-refractivity contribution in [1.29, 1.82) is 0 Å². The summed E-state index contributed by atoms with van der Waals surface area (Å²) in [6.45, 7) is 6.04. The molecule has 0 radical (unpaired) electrons. The summed E-state index contributed by atoms with van der Waals surface area (Å²) in [5.74, 6) is -1.48. The van der Waals surface area contributed by atoms with E-state index >= 15 is 0 Å². The van der Waals surface area contributed by atoms with Gasteiger partial charge in [0.05, 0.1) is 5.69 Å². The van der Waals surface area contributed by atoms with Gasteiger partial charge < -0.3 is 5.11 Å². The molecule has 0 aliphatic carbocycles. The van der Waals surface area contributed by atoms with Crippen LogP contribution >= 0.6 is 11.3 Å². The minimum atomic E-state index is -0.968. The van der Waals surface area contributed by atoms with Crippen molar-refractivity contribution < 1.29 is 19.5 Å². The quantitative estimate of drug-likeness (QED) is 0.773. The van der Waals surface area contributed by atoms with Gasteiger partial charge in [-0.25, -0.2) is 9.78 Å². The number of carboxylic acid groups (broad SMARTS) is 1. The molecule has 0 aliphatic heterocycles. The number of nitrogens with one attached hydrogen (secondary N) is 2. The molecule has 0 fully saturated rings. The van der Waals surface area contributed by atoms with E-state index in [1.165, 1.54) is 11.3 Å². The van der Waals surface area contributed by atoms with E-state index in [1.54, 1.807) is 0 Å². The van der Waals surface area contributed by atoms with E-state index in [-0.39, 0.29) is 24.7 Å². The fraction of sp³-hybridized carbons (Fsp3) is 0.538. The van der Waals surface area contributed by atoms with Gasteiger partial charge in [-0.3, -0.25) is 20.2 Å². The first-order valence-corrected chi connectivity index (χ1v) is 7.35. The molecule has 0 saturated carbocycles. The number of carbonyl (C=O) groups is 3. The highest BCUT2D eigenvalue weighted by Gasteiger charge is 2.18. The Kier molecular flexibility index (Phi) is 5.83. The molecule has 0 atom stereocenters. The van der Waals surface area contributed by atoms with Gasteiger partial charge in [0.15, 0.2) is 5.13 Å². The van der Waals surface area contributed by atoms with Crippen molar-refractivity contribution in [2.75, 3.05) is 5.32 Å². The van der Waals surface area contributed by atoms with Crippen molar-refractivity contribution in [1.82, 2.24) is 10.3 Å². The number of nitrogens with zero attached hydrogens (tertiary/aromatic N) is 1. The summed E-state index contributed by atoms with van der Waals surface area (Å²) >= 11 is 1.28. The number of amides is 3. The zero-order chi connectivity index (χ0) is 16.0. The van der Waals surface area contributed by atoms with E-state index < -0.39 is 17.9 Å². The number of rotatable bonds is 5. The summed E-state index contributed by atoms with van der Waals surface area (Å²) in [5, 5.41) is 15.3. The number of anilines is 1. The molecule has 0 saturated heterocycles. The molecule has 21 heavy (non-hydrogen) atoms. The predicted octanol–water partition coefficient (Wildman–Crippen LogP) is 2.34. The number of hydrogen-bond donors (Lipinski definition) is 3. The highest BCUT2D eigenvalue weighted by molar-refractivity contribution is 7.13. The first-order valence-electron chi connectivity index (χ1n) is 6.47. The highest BCUT2D eigenvalue weighted by Crippen LogP contribution is 2.26. The van der Waals surface area contributed by atoms with Crippen LogP contribution in [0.2, 0.25) is 0 Å².